The molecule has 2 N–H and O–H groups in total. The van der Waals surface area contributed by atoms with Crippen molar-refractivity contribution < 1.29 is 14.3 Å². The van der Waals surface area contributed by atoms with E-state index in [2.05, 4.69) is 46.6 Å². The number of carbonyl (C=O) groups excluding carboxylic acids is 2. The Morgan fingerprint density at radius 1 is 1.20 bits per heavy atom. The molecule has 2 amide bonds. The van der Waals surface area contributed by atoms with Crippen LogP contribution < -0.4 is 10.6 Å². The van der Waals surface area contributed by atoms with Gasteiger partial charge in [0.05, 0.1) is 19.7 Å². The van der Waals surface area contributed by atoms with Crippen molar-refractivity contribution in [3.05, 3.63) is 57.8 Å². The van der Waals surface area contributed by atoms with Crippen LogP contribution in [0.25, 0.3) is 0 Å². The SMILES string of the molecule is CCCCc1ccc([C@H](NCC(=O)NC(=O)OC)c2cccs2)cc1. The molecule has 25 heavy (non-hydrogen) atoms. The van der Waals surface area contributed by atoms with Crippen molar-refractivity contribution in [1.29, 1.82) is 0 Å². The van der Waals surface area contributed by atoms with Gasteiger partial charge in [0.15, 0.2) is 0 Å². The number of benzene rings is 1. The Labute approximate surface area is 152 Å². The fraction of sp³-hybridized carbons (Fsp3) is 0.368. The number of hydrogen-bond acceptors (Lipinski definition) is 5. The van der Waals surface area contributed by atoms with Crippen molar-refractivity contribution in [2.75, 3.05) is 13.7 Å². The molecule has 6 heteroatoms. The van der Waals surface area contributed by atoms with Crippen LogP contribution >= 0.6 is 11.3 Å². The molecular weight excluding hydrogens is 336 g/mol. The van der Waals surface area contributed by atoms with Gasteiger partial charge in [0.1, 0.15) is 0 Å². The molecule has 0 saturated carbocycles. The van der Waals surface area contributed by atoms with Crippen LogP contribution in [0.3, 0.4) is 0 Å². The number of hydrogen-bond donors (Lipinski definition) is 2. The van der Waals surface area contributed by atoms with Crippen molar-refractivity contribution in [2.45, 2.75) is 32.2 Å². The maximum Gasteiger partial charge on any atom is 0.413 e. The van der Waals surface area contributed by atoms with Crippen molar-refractivity contribution >= 4 is 23.3 Å². The van der Waals surface area contributed by atoms with Crippen LogP contribution in [-0.2, 0) is 16.0 Å². The second kappa shape index (κ2) is 9.96. The summed E-state index contributed by atoms with van der Waals surface area (Å²) in [6.45, 7) is 2.21. The van der Waals surface area contributed by atoms with E-state index in [1.165, 1.54) is 25.5 Å². The highest BCUT2D eigenvalue weighted by Gasteiger charge is 2.17. The Morgan fingerprint density at radius 3 is 2.56 bits per heavy atom. The monoisotopic (exact) mass is 360 g/mol. The number of thiophene rings is 1. The van der Waals surface area contributed by atoms with E-state index in [4.69, 9.17) is 0 Å². The number of rotatable bonds is 8. The lowest BCUT2D eigenvalue weighted by Gasteiger charge is -2.18. The molecule has 0 aliphatic carbocycles. The standard InChI is InChI=1S/C19H24N2O3S/c1-3-4-6-14-8-10-15(11-9-14)18(16-7-5-12-25-16)20-13-17(22)21-19(23)24-2/h5,7-12,18,20H,3-4,6,13H2,1-2H3,(H,21,22,23)/t18-/m0/s1. The molecule has 0 saturated heterocycles. The van der Waals surface area contributed by atoms with Gasteiger partial charge in [0.2, 0.25) is 5.91 Å². The minimum absolute atomic E-state index is 0.0231. The zero-order valence-corrected chi connectivity index (χ0v) is 15.4. The minimum Gasteiger partial charge on any atom is -0.453 e. The van der Waals surface area contributed by atoms with Crippen LogP contribution in [0.2, 0.25) is 0 Å². The summed E-state index contributed by atoms with van der Waals surface area (Å²) in [6, 6.07) is 12.4. The summed E-state index contributed by atoms with van der Waals surface area (Å²) >= 11 is 1.63. The van der Waals surface area contributed by atoms with Gasteiger partial charge in [-0.05, 0) is 35.4 Å². The van der Waals surface area contributed by atoms with Gasteiger partial charge < -0.3 is 4.74 Å². The zero-order valence-electron chi connectivity index (χ0n) is 14.6. The summed E-state index contributed by atoms with van der Waals surface area (Å²) in [7, 11) is 1.23. The molecular formula is C19H24N2O3S. The molecule has 0 aliphatic rings. The average molecular weight is 360 g/mol. The van der Waals surface area contributed by atoms with Crippen molar-refractivity contribution in [3.8, 4) is 0 Å². The first-order chi connectivity index (χ1) is 12.1. The highest BCUT2D eigenvalue weighted by atomic mass is 32.1. The number of unbranched alkanes of at least 4 members (excludes halogenated alkanes) is 1. The number of ether oxygens (including phenoxy) is 1. The second-order valence-electron chi connectivity index (χ2n) is 5.71. The summed E-state index contributed by atoms with van der Waals surface area (Å²) in [5.74, 6) is -0.423. The normalized spacial score (nSPS) is 11.8. The van der Waals surface area contributed by atoms with Crippen molar-refractivity contribution in [3.63, 3.8) is 0 Å². The first kappa shape index (κ1) is 19.1. The smallest absolute Gasteiger partial charge is 0.413 e. The molecule has 134 valence electrons. The quantitative estimate of drug-likeness (QED) is 0.754. The molecule has 2 rings (SSSR count). The van der Waals surface area contributed by atoms with Gasteiger partial charge in [-0.3, -0.25) is 15.4 Å². The number of methoxy groups -OCH3 is 1. The van der Waals surface area contributed by atoms with E-state index >= 15 is 0 Å². The predicted molar refractivity (Wildman–Crippen MR) is 99.8 cm³/mol. The molecule has 2 aromatic rings. The third-order valence-electron chi connectivity index (χ3n) is 3.85. The molecule has 1 aromatic heterocycles. The van der Waals surface area contributed by atoms with Gasteiger partial charge in [0, 0.05) is 4.88 Å². The van der Waals surface area contributed by atoms with Crippen LogP contribution in [0.1, 0.15) is 41.8 Å². The lowest BCUT2D eigenvalue weighted by atomic mass is 10.0. The van der Waals surface area contributed by atoms with Crippen molar-refractivity contribution in [2.24, 2.45) is 0 Å². The lowest BCUT2D eigenvalue weighted by Crippen LogP contribution is -2.39. The Bertz CT molecular complexity index is 668. The molecule has 5 nitrogen and oxygen atoms in total. The van der Waals surface area contributed by atoms with Crippen LogP contribution in [-0.4, -0.2) is 25.7 Å². The third kappa shape index (κ3) is 5.99. The number of amides is 2. The van der Waals surface area contributed by atoms with Gasteiger partial charge in [-0.2, -0.15) is 0 Å². The second-order valence-corrected chi connectivity index (χ2v) is 6.69. The molecule has 0 spiro atoms. The van der Waals surface area contributed by atoms with Gasteiger partial charge in [-0.25, -0.2) is 4.79 Å². The minimum atomic E-state index is -0.750. The maximum atomic E-state index is 11.8. The molecule has 0 aliphatic heterocycles. The highest BCUT2D eigenvalue weighted by molar-refractivity contribution is 7.10. The van der Waals surface area contributed by atoms with Crippen LogP contribution in [0.4, 0.5) is 4.79 Å². The summed E-state index contributed by atoms with van der Waals surface area (Å²) in [6.07, 6.45) is 2.69. The number of alkyl carbamates (subject to hydrolysis) is 1. The summed E-state index contributed by atoms with van der Waals surface area (Å²) in [5, 5.41) is 7.38. The van der Waals surface area contributed by atoms with Crippen LogP contribution in [0, 0.1) is 0 Å². The first-order valence-corrected chi connectivity index (χ1v) is 9.25. The van der Waals surface area contributed by atoms with E-state index in [1.54, 1.807) is 11.3 Å². The number of carbonyl (C=O) groups is 2. The first-order valence-electron chi connectivity index (χ1n) is 8.37. The summed E-state index contributed by atoms with van der Waals surface area (Å²) < 4.78 is 4.43. The lowest BCUT2D eigenvalue weighted by molar-refractivity contribution is -0.119. The Hall–Kier alpha value is -2.18. The van der Waals surface area contributed by atoms with E-state index in [1.807, 2.05) is 17.5 Å². The number of aryl methyl sites for hydroxylation is 1. The molecule has 0 unspecified atom stereocenters. The van der Waals surface area contributed by atoms with Gasteiger partial charge in [0.25, 0.3) is 0 Å². The van der Waals surface area contributed by atoms with Gasteiger partial charge in [-0.1, -0.05) is 43.7 Å². The maximum absolute atomic E-state index is 11.8. The number of nitrogens with one attached hydrogen (secondary N) is 2. The topological polar surface area (TPSA) is 67.4 Å². The van der Waals surface area contributed by atoms with Crippen LogP contribution in [0.5, 0.6) is 0 Å². The van der Waals surface area contributed by atoms with E-state index < -0.39 is 12.0 Å². The average Bonchev–Trinajstić information content (AvgIpc) is 3.15. The Morgan fingerprint density at radius 2 is 1.96 bits per heavy atom. The third-order valence-corrected chi connectivity index (χ3v) is 4.79. The van der Waals surface area contributed by atoms with Crippen molar-refractivity contribution in [1.82, 2.24) is 10.6 Å². The molecule has 0 radical (unpaired) electrons. The predicted octanol–water partition coefficient (Wildman–Crippen LogP) is 3.65. The van der Waals surface area contributed by atoms with Gasteiger partial charge >= 0.3 is 6.09 Å². The fourth-order valence-corrected chi connectivity index (χ4v) is 3.33. The molecule has 0 fully saturated rings. The summed E-state index contributed by atoms with van der Waals surface area (Å²) in [4.78, 5) is 24.0. The fourth-order valence-electron chi connectivity index (χ4n) is 2.50. The van der Waals surface area contributed by atoms with Gasteiger partial charge in [-0.15, -0.1) is 11.3 Å². The molecule has 1 aromatic carbocycles. The summed E-state index contributed by atoms with van der Waals surface area (Å²) in [5.41, 5.74) is 2.41. The molecule has 0 bridgehead atoms. The van der Waals surface area contributed by atoms with E-state index in [0.717, 1.165) is 16.9 Å². The van der Waals surface area contributed by atoms with E-state index in [-0.39, 0.29) is 12.6 Å². The zero-order chi connectivity index (χ0) is 18.1. The highest BCUT2D eigenvalue weighted by Crippen LogP contribution is 2.26. The number of imide groups is 1. The molecule has 1 heterocycles. The largest absolute Gasteiger partial charge is 0.453 e. The van der Waals surface area contributed by atoms with Crippen LogP contribution in [0.15, 0.2) is 41.8 Å². The van der Waals surface area contributed by atoms with E-state index in [0.29, 0.717) is 0 Å². The van der Waals surface area contributed by atoms with E-state index in [9.17, 15) is 9.59 Å². The Balaban J connectivity index is 2.06. The molecule has 1 atom stereocenters. The Kier molecular flexibility index (Phi) is 7.63.